The zero-order valence-corrected chi connectivity index (χ0v) is 13.7. The van der Waals surface area contributed by atoms with Crippen molar-refractivity contribution in [2.45, 2.75) is 13.5 Å². The number of fused-ring (bicyclic) bond motifs is 1. The Bertz CT molecular complexity index is 836. The summed E-state index contributed by atoms with van der Waals surface area (Å²) in [6.07, 6.45) is 0. The van der Waals surface area contributed by atoms with E-state index in [2.05, 4.69) is 5.32 Å². The van der Waals surface area contributed by atoms with E-state index in [-0.39, 0.29) is 11.7 Å². The average Bonchev–Trinajstić information content (AvgIpc) is 3.05. The van der Waals surface area contributed by atoms with Crippen LogP contribution in [-0.4, -0.2) is 19.6 Å². The number of ether oxygens (including phenoxy) is 2. The Balaban J connectivity index is 1.68. The van der Waals surface area contributed by atoms with Crippen LogP contribution in [0.3, 0.4) is 0 Å². The fourth-order valence-corrected chi connectivity index (χ4v) is 2.45. The predicted molar refractivity (Wildman–Crippen MR) is 91.5 cm³/mol. The molecular weight excluding hydrogens is 306 g/mol. The smallest absolute Gasteiger partial charge is 0.287 e. The molecule has 24 heavy (non-hydrogen) atoms. The van der Waals surface area contributed by atoms with E-state index in [0.29, 0.717) is 24.5 Å². The van der Waals surface area contributed by atoms with Crippen molar-refractivity contribution in [3.05, 3.63) is 59.9 Å². The Hall–Kier alpha value is -2.95. The molecule has 3 rings (SSSR count). The predicted octanol–water partition coefficient (Wildman–Crippen LogP) is 3.77. The second kappa shape index (κ2) is 7.08. The third kappa shape index (κ3) is 3.35. The van der Waals surface area contributed by atoms with Crippen molar-refractivity contribution in [3.63, 3.8) is 0 Å². The van der Waals surface area contributed by atoms with E-state index in [1.54, 1.807) is 19.2 Å². The molecule has 5 nitrogen and oxygen atoms in total. The van der Waals surface area contributed by atoms with Crippen molar-refractivity contribution in [2.24, 2.45) is 0 Å². The van der Waals surface area contributed by atoms with E-state index < -0.39 is 0 Å². The van der Waals surface area contributed by atoms with Gasteiger partial charge in [-0.15, -0.1) is 0 Å². The van der Waals surface area contributed by atoms with Crippen molar-refractivity contribution in [1.29, 1.82) is 0 Å². The number of furan rings is 1. The molecule has 0 aliphatic rings. The summed E-state index contributed by atoms with van der Waals surface area (Å²) in [4.78, 5) is 12.3. The van der Waals surface area contributed by atoms with Gasteiger partial charge in [0.05, 0.1) is 13.7 Å². The molecule has 0 unspecified atom stereocenters. The molecule has 0 radical (unpaired) electrons. The molecule has 0 fully saturated rings. The minimum absolute atomic E-state index is 0.262. The Kier molecular flexibility index (Phi) is 4.70. The number of carbonyl (C=O) groups is 1. The number of nitrogens with one attached hydrogen (secondary N) is 1. The van der Waals surface area contributed by atoms with Crippen LogP contribution in [0.1, 0.15) is 23.0 Å². The summed E-state index contributed by atoms with van der Waals surface area (Å²) in [5.41, 5.74) is 1.56. The summed E-state index contributed by atoms with van der Waals surface area (Å²) in [7, 11) is 1.57. The van der Waals surface area contributed by atoms with Crippen LogP contribution in [0.4, 0.5) is 0 Å². The molecule has 0 atom stereocenters. The summed E-state index contributed by atoms with van der Waals surface area (Å²) >= 11 is 0. The maximum atomic E-state index is 12.3. The number of methoxy groups -OCH3 is 1. The maximum absolute atomic E-state index is 12.3. The zero-order chi connectivity index (χ0) is 16.9. The largest absolute Gasteiger partial charge is 0.494 e. The standard InChI is InChI=1S/C19H19NO4/c1-3-23-15-9-7-13(8-10-15)12-20-19(21)17-11-14-5-4-6-16(22-2)18(14)24-17/h4-11H,3,12H2,1-2H3,(H,20,21). The number of hydrogen-bond acceptors (Lipinski definition) is 4. The minimum Gasteiger partial charge on any atom is -0.494 e. The van der Waals surface area contributed by atoms with Gasteiger partial charge in [-0.3, -0.25) is 4.79 Å². The van der Waals surface area contributed by atoms with Gasteiger partial charge >= 0.3 is 0 Å². The van der Waals surface area contributed by atoms with Gasteiger partial charge in [0, 0.05) is 11.9 Å². The van der Waals surface area contributed by atoms with Crippen LogP contribution in [-0.2, 0) is 6.54 Å². The highest BCUT2D eigenvalue weighted by atomic mass is 16.5. The van der Waals surface area contributed by atoms with Gasteiger partial charge in [0.1, 0.15) is 5.75 Å². The van der Waals surface area contributed by atoms with E-state index in [9.17, 15) is 4.79 Å². The van der Waals surface area contributed by atoms with Gasteiger partial charge in [0.2, 0.25) is 0 Å². The lowest BCUT2D eigenvalue weighted by atomic mass is 10.2. The Morgan fingerprint density at radius 2 is 1.96 bits per heavy atom. The number of rotatable bonds is 6. The molecule has 0 spiro atoms. The molecule has 0 saturated carbocycles. The fraction of sp³-hybridized carbons (Fsp3) is 0.211. The summed E-state index contributed by atoms with van der Waals surface area (Å²) in [6, 6.07) is 14.9. The van der Waals surface area contributed by atoms with Gasteiger partial charge < -0.3 is 19.2 Å². The second-order valence-corrected chi connectivity index (χ2v) is 5.25. The molecule has 3 aromatic rings. The topological polar surface area (TPSA) is 60.7 Å². The number of benzene rings is 2. The first-order valence-corrected chi connectivity index (χ1v) is 7.77. The van der Waals surface area contributed by atoms with Gasteiger partial charge in [-0.1, -0.05) is 24.3 Å². The van der Waals surface area contributed by atoms with Crippen molar-refractivity contribution >= 4 is 16.9 Å². The highest BCUT2D eigenvalue weighted by Crippen LogP contribution is 2.28. The molecule has 1 amide bonds. The van der Waals surface area contributed by atoms with Gasteiger partial charge in [0.15, 0.2) is 17.1 Å². The van der Waals surface area contributed by atoms with Gasteiger partial charge in [0.25, 0.3) is 5.91 Å². The molecule has 0 aliphatic carbocycles. The van der Waals surface area contributed by atoms with E-state index in [4.69, 9.17) is 13.9 Å². The highest BCUT2D eigenvalue weighted by Gasteiger charge is 2.14. The fourth-order valence-electron chi connectivity index (χ4n) is 2.45. The minimum atomic E-state index is -0.262. The van der Waals surface area contributed by atoms with Crippen LogP contribution >= 0.6 is 0 Å². The van der Waals surface area contributed by atoms with Gasteiger partial charge in [-0.2, -0.15) is 0 Å². The van der Waals surface area contributed by atoms with Gasteiger partial charge in [-0.25, -0.2) is 0 Å². The summed E-state index contributed by atoms with van der Waals surface area (Å²) in [5, 5.41) is 3.68. The second-order valence-electron chi connectivity index (χ2n) is 5.25. The van der Waals surface area contributed by atoms with Crippen LogP contribution in [0.5, 0.6) is 11.5 Å². The van der Waals surface area contributed by atoms with Crippen LogP contribution in [0.2, 0.25) is 0 Å². The average molecular weight is 325 g/mol. The van der Waals surface area contributed by atoms with Gasteiger partial charge in [-0.05, 0) is 36.8 Å². The molecular formula is C19H19NO4. The van der Waals surface area contributed by atoms with Crippen LogP contribution in [0.25, 0.3) is 11.0 Å². The zero-order valence-electron chi connectivity index (χ0n) is 13.7. The van der Waals surface area contributed by atoms with Crippen molar-refractivity contribution in [1.82, 2.24) is 5.32 Å². The molecule has 1 aromatic heterocycles. The lowest BCUT2D eigenvalue weighted by Gasteiger charge is -2.06. The Morgan fingerprint density at radius 3 is 2.67 bits per heavy atom. The quantitative estimate of drug-likeness (QED) is 0.749. The molecule has 0 saturated heterocycles. The van der Waals surface area contributed by atoms with E-state index in [1.165, 1.54) is 0 Å². The third-order valence-corrected chi connectivity index (χ3v) is 3.64. The van der Waals surface area contributed by atoms with E-state index in [0.717, 1.165) is 16.7 Å². The number of hydrogen-bond donors (Lipinski definition) is 1. The maximum Gasteiger partial charge on any atom is 0.287 e. The van der Waals surface area contributed by atoms with Crippen LogP contribution < -0.4 is 14.8 Å². The molecule has 5 heteroatoms. The first kappa shape index (κ1) is 15.9. The highest BCUT2D eigenvalue weighted by molar-refractivity contribution is 5.97. The summed E-state index contributed by atoms with van der Waals surface area (Å²) < 4.78 is 16.3. The molecule has 124 valence electrons. The van der Waals surface area contributed by atoms with Crippen molar-refractivity contribution in [2.75, 3.05) is 13.7 Å². The van der Waals surface area contributed by atoms with Crippen molar-refractivity contribution in [3.8, 4) is 11.5 Å². The van der Waals surface area contributed by atoms with E-state index in [1.807, 2.05) is 43.3 Å². The van der Waals surface area contributed by atoms with Crippen LogP contribution in [0.15, 0.2) is 52.9 Å². The normalized spacial score (nSPS) is 10.6. The number of carbonyl (C=O) groups excluding carboxylic acids is 1. The monoisotopic (exact) mass is 325 g/mol. The molecule has 0 aliphatic heterocycles. The lowest BCUT2D eigenvalue weighted by Crippen LogP contribution is -2.22. The lowest BCUT2D eigenvalue weighted by molar-refractivity contribution is 0.0925. The van der Waals surface area contributed by atoms with Crippen molar-refractivity contribution < 1.29 is 18.7 Å². The number of para-hydroxylation sites is 1. The van der Waals surface area contributed by atoms with E-state index >= 15 is 0 Å². The first-order valence-electron chi connectivity index (χ1n) is 7.77. The molecule has 0 bridgehead atoms. The molecule has 1 N–H and O–H groups in total. The molecule has 1 heterocycles. The molecule has 2 aromatic carbocycles. The third-order valence-electron chi connectivity index (χ3n) is 3.64. The first-order chi connectivity index (χ1) is 11.7. The summed E-state index contributed by atoms with van der Waals surface area (Å²) in [6.45, 7) is 2.99. The summed E-state index contributed by atoms with van der Waals surface area (Å²) in [5.74, 6) is 1.43. The Labute approximate surface area is 140 Å². The SMILES string of the molecule is CCOc1ccc(CNC(=O)c2cc3cccc(OC)c3o2)cc1. The van der Waals surface area contributed by atoms with Crippen LogP contribution in [0, 0.1) is 0 Å². The Morgan fingerprint density at radius 1 is 1.17 bits per heavy atom. The number of amides is 1.